The van der Waals surface area contributed by atoms with Gasteiger partial charge in [-0.3, -0.25) is 4.90 Å². The Labute approximate surface area is 226 Å². The van der Waals surface area contributed by atoms with Crippen LogP contribution in [0, 0.1) is 0 Å². The molecule has 0 fully saturated rings. The van der Waals surface area contributed by atoms with Crippen LogP contribution < -0.4 is 5.32 Å². The highest BCUT2D eigenvalue weighted by molar-refractivity contribution is 5.82. The third-order valence-electron chi connectivity index (χ3n) is 7.77. The summed E-state index contributed by atoms with van der Waals surface area (Å²) in [7, 11) is 0. The van der Waals surface area contributed by atoms with E-state index in [0.29, 0.717) is 19.1 Å². The van der Waals surface area contributed by atoms with Gasteiger partial charge in [-0.1, -0.05) is 63.4 Å². The van der Waals surface area contributed by atoms with E-state index in [-0.39, 0.29) is 0 Å². The lowest BCUT2D eigenvalue weighted by Gasteiger charge is -2.30. The van der Waals surface area contributed by atoms with Gasteiger partial charge in [-0.2, -0.15) is 0 Å². The molecule has 2 atom stereocenters. The second-order valence-corrected chi connectivity index (χ2v) is 10.7. The van der Waals surface area contributed by atoms with Crippen molar-refractivity contribution in [3.8, 4) is 11.1 Å². The summed E-state index contributed by atoms with van der Waals surface area (Å²) in [5.41, 5.74) is 7.31. The van der Waals surface area contributed by atoms with Gasteiger partial charge in [0.05, 0.1) is 23.5 Å². The van der Waals surface area contributed by atoms with E-state index in [2.05, 4.69) is 88.2 Å². The van der Waals surface area contributed by atoms with Crippen LogP contribution >= 0.6 is 0 Å². The van der Waals surface area contributed by atoms with Crippen molar-refractivity contribution >= 4 is 16.9 Å². The minimum absolute atomic E-state index is 0.463. The Hall–Kier alpha value is -3.22. The number of benzene rings is 2. The molecule has 38 heavy (non-hydrogen) atoms. The summed E-state index contributed by atoms with van der Waals surface area (Å²) in [4.78, 5) is 11.6. The second kappa shape index (κ2) is 12.5. The number of fused-ring (bicyclic) bond motifs is 2. The number of nitrogens with one attached hydrogen (secondary N) is 1. The first-order valence-electron chi connectivity index (χ1n) is 14.3. The fraction of sp³-hybridized carbons (Fsp3) is 0.438. The molecule has 6 heteroatoms. The van der Waals surface area contributed by atoms with E-state index in [1.807, 2.05) is 12.5 Å². The van der Waals surface area contributed by atoms with Gasteiger partial charge in [-0.15, -0.1) is 0 Å². The van der Waals surface area contributed by atoms with Crippen LogP contribution in [-0.4, -0.2) is 50.3 Å². The molecule has 2 aromatic heterocycles. The molecule has 200 valence electrons. The van der Waals surface area contributed by atoms with Gasteiger partial charge in [0.15, 0.2) is 0 Å². The molecule has 2 unspecified atom stereocenters. The molecule has 0 saturated carbocycles. The first-order valence-corrected chi connectivity index (χ1v) is 14.3. The van der Waals surface area contributed by atoms with Crippen LogP contribution in [0.5, 0.6) is 0 Å². The number of pyridine rings is 1. The Morgan fingerprint density at radius 2 is 1.79 bits per heavy atom. The number of β-amino-alcohol motifs (C(OH)–C–C–N with tert-alkyl or cyclic N) is 1. The first kappa shape index (κ1) is 26.4. The summed E-state index contributed by atoms with van der Waals surface area (Å²) in [6.45, 7) is 7.52. The maximum Gasteiger partial charge on any atom is 0.126 e. The zero-order valence-corrected chi connectivity index (χ0v) is 22.8. The highest BCUT2D eigenvalue weighted by Gasteiger charge is 2.19. The number of aliphatic hydroxyl groups is 1. The van der Waals surface area contributed by atoms with Gasteiger partial charge in [-0.05, 0) is 65.8 Å². The van der Waals surface area contributed by atoms with Crippen LogP contribution in [0.25, 0.3) is 22.2 Å². The van der Waals surface area contributed by atoms with Crippen molar-refractivity contribution in [2.24, 2.45) is 0 Å². The molecule has 6 nitrogen and oxygen atoms in total. The third-order valence-corrected chi connectivity index (χ3v) is 7.77. The fourth-order valence-electron chi connectivity index (χ4n) is 5.69. The van der Waals surface area contributed by atoms with Crippen molar-refractivity contribution in [3.05, 3.63) is 78.2 Å². The number of hydrogen-bond acceptors (Lipinski definition) is 5. The largest absolute Gasteiger partial charge is 0.390 e. The molecule has 5 rings (SSSR count). The van der Waals surface area contributed by atoms with Gasteiger partial charge < -0.3 is 15.0 Å². The van der Waals surface area contributed by atoms with Crippen molar-refractivity contribution in [2.45, 2.75) is 71.1 Å². The van der Waals surface area contributed by atoms with E-state index in [9.17, 15) is 5.11 Å². The number of anilines is 1. The Morgan fingerprint density at radius 3 is 2.63 bits per heavy atom. The van der Waals surface area contributed by atoms with Crippen LogP contribution in [0.15, 0.2) is 67.1 Å². The second-order valence-electron chi connectivity index (χ2n) is 10.7. The van der Waals surface area contributed by atoms with Crippen LogP contribution in [0.4, 0.5) is 5.82 Å². The predicted molar refractivity (Wildman–Crippen MR) is 156 cm³/mol. The molecule has 1 aliphatic rings. The van der Waals surface area contributed by atoms with Gasteiger partial charge in [0, 0.05) is 38.4 Å². The summed E-state index contributed by atoms with van der Waals surface area (Å²) in [6, 6.07) is 19.8. The lowest BCUT2D eigenvalue weighted by Crippen LogP contribution is -2.39. The van der Waals surface area contributed by atoms with Gasteiger partial charge in [0.2, 0.25) is 0 Å². The van der Waals surface area contributed by atoms with Crippen molar-refractivity contribution in [2.75, 3.05) is 25.0 Å². The predicted octanol–water partition coefficient (Wildman–Crippen LogP) is 6.46. The molecule has 0 spiro atoms. The van der Waals surface area contributed by atoms with Crippen LogP contribution in [-0.2, 0) is 13.0 Å². The lowest BCUT2D eigenvalue weighted by atomic mass is 10.00. The Morgan fingerprint density at radius 1 is 0.947 bits per heavy atom. The summed E-state index contributed by atoms with van der Waals surface area (Å²) in [5, 5.41) is 14.1. The average molecular weight is 512 g/mol. The van der Waals surface area contributed by atoms with Crippen molar-refractivity contribution in [1.29, 1.82) is 0 Å². The average Bonchev–Trinajstić information content (AvgIpc) is 3.37. The standard InChI is InChI=1S/C32H41N5O/c1-3-5-11-28(8-4-2)37-23-35-30-13-12-25(18-31(30)37)26-14-16-33-32(19-26)34-20-29(38)22-36-17-15-24-9-6-7-10-27(24)21-36/h6-7,9-10,12-14,16,18-19,23,28-29,38H,3-5,8,11,15,17,20-22H2,1-2H3,(H,33,34). The zero-order valence-electron chi connectivity index (χ0n) is 22.8. The molecule has 0 saturated heterocycles. The van der Waals surface area contributed by atoms with Crippen molar-refractivity contribution in [1.82, 2.24) is 19.4 Å². The molecule has 0 aliphatic carbocycles. The number of hydrogen-bond donors (Lipinski definition) is 2. The topological polar surface area (TPSA) is 66.2 Å². The molecule has 4 aromatic rings. The molecular weight excluding hydrogens is 470 g/mol. The summed E-state index contributed by atoms with van der Waals surface area (Å²) in [5.74, 6) is 0.783. The van der Waals surface area contributed by atoms with E-state index in [0.717, 1.165) is 42.0 Å². The minimum atomic E-state index is -0.463. The van der Waals surface area contributed by atoms with Crippen LogP contribution in [0.2, 0.25) is 0 Å². The molecule has 0 radical (unpaired) electrons. The zero-order chi connectivity index (χ0) is 26.3. The molecule has 2 N–H and O–H groups in total. The molecule has 0 bridgehead atoms. The molecule has 2 aromatic carbocycles. The number of nitrogens with zero attached hydrogens (tertiary/aromatic N) is 4. The van der Waals surface area contributed by atoms with Gasteiger partial charge in [0.25, 0.3) is 0 Å². The van der Waals surface area contributed by atoms with E-state index in [1.165, 1.54) is 48.7 Å². The van der Waals surface area contributed by atoms with Crippen molar-refractivity contribution < 1.29 is 5.11 Å². The molecular formula is C32H41N5O. The summed E-state index contributed by atoms with van der Waals surface area (Å²) < 4.78 is 2.38. The Balaban J connectivity index is 1.24. The number of unbranched alkanes of at least 4 members (excludes halogenated alkanes) is 1. The minimum Gasteiger partial charge on any atom is -0.390 e. The number of imidazole rings is 1. The summed E-state index contributed by atoms with van der Waals surface area (Å²) >= 11 is 0. The smallest absolute Gasteiger partial charge is 0.126 e. The van der Waals surface area contributed by atoms with E-state index in [4.69, 9.17) is 4.98 Å². The lowest BCUT2D eigenvalue weighted by molar-refractivity contribution is 0.114. The monoisotopic (exact) mass is 511 g/mol. The van der Waals surface area contributed by atoms with Crippen LogP contribution in [0.1, 0.15) is 63.1 Å². The third kappa shape index (κ3) is 6.25. The first-order chi connectivity index (χ1) is 18.6. The number of aliphatic hydroxyl groups excluding tert-OH is 1. The highest BCUT2D eigenvalue weighted by Crippen LogP contribution is 2.30. The SMILES string of the molecule is CCCCC(CCC)n1cnc2ccc(-c3ccnc(NCC(O)CN4CCc5ccccc5C4)c3)cc21. The Kier molecular flexibility index (Phi) is 8.72. The maximum absolute atomic E-state index is 10.7. The maximum atomic E-state index is 10.7. The highest BCUT2D eigenvalue weighted by atomic mass is 16.3. The molecule has 1 aliphatic heterocycles. The van der Waals surface area contributed by atoms with Gasteiger partial charge >= 0.3 is 0 Å². The van der Waals surface area contributed by atoms with Crippen molar-refractivity contribution in [3.63, 3.8) is 0 Å². The Bertz CT molecular complexity index is 1330. The molecule has 0 amide bonds. The van der Waals surface area contributed by atoms with Crippen LogP contribution in [0.3, 0.4) is 0 Å². The fourth-order valence-corrected chi connectivity index (χ4v) is 5.69. The summed E-state index contributed by atoms with van der Waals surface area (Å²) in [6.07, 6.45) is 10.4. The number of rotatable bonds is 12. The quantitative estimate of drug-likeness (QED) is 0.228. The van der Waals surface area contributed by atoms with Gasteiger partial charge in [-0.25, -0.2) is 9.97 Å². The normalized spacial score (nSPS) is 15.3. The van der Waals surface area contributed by atoms with E-state index < -0.39 is 6.10 Å². The van der Waals surface area contributed by atoms with Gasteiger partial charge in [0.1, 0.15) is 5.82 Å². The van der Waals surface area contributed by atoms with E-state index in [1.54, 1.807) is 0 Å². The molecule has 3 heterocycles. The number of aromatic nitrogens is 3. The van der Waals surface area contributed by atoms with E-state index >= 15 is 0 Å².